The molecule has 1 aromatic heterocycles. The Morgan fingerprint density at radius 3 is 2.56 bits per heavy atom. The molecule has 102 valence electrons. The van der Waals surface area contributed by atoms with Crippen molar-refractivity contribution in [1.29, 1.82) is 0 Å². The molecule has 5 heteroatoms. The van der Waals surface area contributed by atoms with Crippen molar-refractivity contribution in [2.24, 2.45) is 5.73 Å². The summed E-state index contributed by atoms with van der Waals surface area (Å²) in [6.45, 7) is 10.2. The monoisotopic (exact) mass is 269 g/mol. The van der Waals surface area contributed by atoms with Crippen molar-refractivity contribution >= 4 is 17.2 Å². The second-order valence-electron chi connectivity index (χ2n) is 5.79. The molecule has 2 unspecified atom stereocenters. The fourth-order valence-electron chi connectivity index (χ4n) is 1.49. The van der Waals surface area contributed by atoms with Crippen LogP contribution >= 0.6 is 11.3 Å². The third-order valence-corrected chi connectivity index (χ3v) is 3.57. The Morgan fingerprint density at radius 1 is 1.50 bits per heavy atom. The zero-order chi connectivity index (χ0) is 13.9. The van der Waals surface area contributed by atoms with Gasteiger partial charge in [-0.15, -0.1) is 11.3 Å². The van der Waals surface area contributed by atoms with Gasteiger partial charge in [0.25, 0.3) is 0 Å². The van der Waals surface area contributed by atoms with Crippen molar-refractivity contribution in [3.8, 4) is 0 Å². The second-order valence-corrected chi connectivity index (χ2v) is 6.68. The summed E-state index contributed by atoms with van der Waals surface area (Å²) >= 11 is 1.59. The van der Waals surface area contributed by atoms with E-state index in [1.807, 2.05) is 13.8 Å². The van der Waals surface area contributed by atoms with Gasteiger partial charge in [0.2, 0.25) is 5.91 Å². The van der Waals surface area contributed by atoms with Crippen molar-refractivity contribution in [3.05, 3.63) is 16.1 Å². The van der Waals surface area contributed by atoms with Gasteiger partial charge in [-0.05, 0) is 13.8 Å². The molecule has 4 nitrogen and oxygen atoms in total. The van der Waals surface area contributed by atoms with Gasteiger partial charge in [-0.1, -0.05) is 20.8 Å². The third-order valence-electron chi connectivity index (χ3n) is 2.55. The maximum absolute atomic E-state index is 11.6. The average Bonchev–Trinajstić information content (AvgIpc) is 2.63. The number of nitrogens with zero attached hydrogens (tertiary/aromatic N) is 1. The number of amides is 1. The molecule has 2 atom stereocenters. The van der Waals surface area contributed by atoms with Gasteiger partial charge in [-0.2, -0.15) is 0 Å². The zero-order valence-corrected chi connectivity index (χ0v) is 12.6. The molecule has 0 radical (unpaired) electrons. The molecule has 1 heterocycles. The molecule has 0 saturated carbocycles. The predicted octanol–water partition coefficient (Wildman–Crippen LogP) is 2.36. The van der Waals surface area contributed by atoms with Gasteiger partial charge in [0.05, 0.1) is 11.7 Å². The van der Waals surface area contributed by atoms with E-state index in [0.29, 0.717) is 6.42 Å². The molecule has 3 N–H and O–H groups in total. The summed E-state index contributed by atoms with van der Waals surface area (Å²) in [7, 11) is 0. The number of hydrogen-bond donors (Lipinski definition) is 2. The number of thiazole rings is 1. The summed E-state index contributed by atoms with van der Waals surface area (Å²) in [5.41, 5.74) is 6.71. The molecule has 0 aliphatic carbocycles. The van der Waals surface area contributed by atoms with Crippen LogP contribution in [-0.2, 0) is 10.2 Å². The highest BCUT2D eigenvalue weighted by atomic mass is 32.1. The summed E-state index contributed by atoms with van der Waals surface area (Å²) in [4.78, 5) is 16.2. The molecule has 18 heavy (non-hydrogen) atoms. The fourth-order valence-corrected chi connectivity index (χ4v) is 2.54. The molecule has 1 amide bonds. The van der Waals surface area contributed by atoms with Crippen LogP contribution < -0.4 is 11.1 Å². The molecule has 0 saturated heterocycles. The van der Waals surface area contributed by atoms with E-state index < -0.39 is 0 Å². The Kier molecular flexibility index (Phi) is 4.87. The minimum atomic E-state index is -0.112. The molecule has 0 bridgehead atoms. The second kappa shape index (κ2) is 5.80. The van der Waals surface area contributed by atoms with Crippen LogP contribution in [0, 0.1) is 0 Å². The van der Waals surface area contributed by atoms with Crippen LogP contribution in [0.1, 0.15) is 57.8 Å². The van der Waals surface area contributed by atoms with E-state index in [4.69, 9.17) is 5.73 Å². The minimum absolute atomic E-state index is 0.0231. The van der Waals surface area contributed by atoms with Gasteiger partial charge >= 0.3 is 0 Å². The molecule has 0 aliphatic rings. The lowest BCUT2D eigenvalue weighted by molar-refractivity contribution is -0.122. The Balaban J connectivity index is 2.65. The van der Waals surface area contributed by atoms with Crippen molar-refractivity contribution < 1.29 is 4.79 Å². The number of carbonyl (C=O) groups is 1. The molecule has 0 aromatic carbocycles. The number of nitrogens with two attached hydrogens (primary N) is 1. The van der Waals surface area contributed by atoms with E-state index in [9.17, 15) is 4.79 Å². The highest BCUT2D eigenvalue weighted by molar-refractivity contribution is 7.09. The first-order valence-electron chi connectivity index (χ1n) is 6.21. The smallest absolute Gasteiger partial charge is 0.222 e. The largest absolute Gasteiger partial charge is 0.347 e. The molecule has 1 rings (SSSR count). The van der Waals surface area contributed by atoms with Crippen molar-refractivity contribution in [3.63, 3.8) is 0 Å². The maximum Gasteiger partial charge on any atom is 0.222 e. The normalized spacial score (nSPS) is 15.2. The first kappa shape index (κ1) is 15.1. The molecular formula is C13H23N3OS. The van der Waals surface area contributed by atoms with Gasteiger partial charge in [0, 0.05) is 23.3 Å². The van der Waals surface area contributed by atoms with Crippen LogP contribution in [0.4, 0.5) is 0 Å². The van der Waals surface area contributed by atoms with Crippen LogP contribution in [0.5, 0.6) is 0 Å². The molecule has 0 spiro atoms. The number of aromatic nitrogens is 1. The molecule has 0 fully saturated rings. The van der Waals surface area contributed by atoms with Crippen molar-refractivity contribution in [1.82, 2.24) is 10.3 Å². The predicted molar refractivity (Wildman–Crippen MR) is 75.6 cm³/mol. The minimum Gasteiger partial charge on any atom is -0.347 e. The lowest BCUT2D eigenvalue weighted by Crippen LogP contribution is -2.31. The first-order chi connectivity index (χ1) is 8.20. The van der Waals surface area contributed by atoms with Crippen LogP contribution in [-0.4, -0.2) is 16.9 Å². The van der Waals surface area contributed by atoms with E-state index in [1.54, 1.807) is 11.3 Å². The van der Waals surface area contributed by atoms with Gasteiger partial charge in [0.1, 0.15) is 5.01 Å². The van der Waals surface area contributed by atoms with Crippen LogP contribution in [0.2, 0.25) is 0 Å². The zero-order valence-electron chi connectivity index (χ0n) is 11.8. The van der Waals surface area contributed by atoms with Gasteiger partial charge in [0.15, 0.2) is 0 Å². The Bertz CT molecular complexity index is 407. The Morgan fingerprint density at radius 2 is 2.11 bits per heavy atom. The molecule has 0 aliphatic heterocycles. The lowest BCUT2D eigenvalue weighted by atomic mass is 9.93. The van der Waals surface area contributed by atoms with Crippen LogP contribution in [0.25, 0.3) is 0 Å². The Hall–Kier alpha value is -0.940. The lowest BCUT2D eigenvalue weighted by Gasteiger charge is -2.15. The van der Waals surface area contributed by atoms with Crippen molar-refractivity contribution in [2.75, 3.05) is 0 Å². The van der Waals surface area contributed by atoms with E-state index >= 15 is 0 Å². The highest BCUT2D eigenvalue weighted by Crippen LogP contribution is 2.26. The van der Waals surface area contributed by atoms with Crippen molar-refractivity contribution in [2.45, 2.75) is 58.5 Å². The number of carbonyl (C=O) groups excluding carboxylic acids is 1. The summed E-state index contributed by atoms with van der Waals surface area (Å²) in [5, 5.41) is 5.92. The SMILES string of the molecule is CC(N)CC(=O)NC(C)c1nc(C(C)(C)C)cs1. The summed E-state index contributed by atoms with van der Waals surface area (Å²) < 4.78 is 0. The Labute approximate surface area is 113 Å². The van der Waals surface area contributed by atoms with Gasteiger partial charge in [-0.25, -0.2) is 4.98 Å². The summed E-state index contributed by atoms with van der Waals surface area (Å²) in [6, 6.07) is -0.170. The number of rotatable bonds is 4. The van der Waals surface area contributed by atoms with E-state index in [0.717, 1.165) is 10.7 Å². The first-order valence-corrected chi connectivity index (χ1v) is 7.09. The summed E-state index contributed by atoms with van der Waals surface area (Å²) in [6.07, 6.45) is 0.349. The number of hydrogen-bond acceptors (Lipinski definition) is 4. The van der Waals surface area contributed by atoms with Crippen LogP contribution in [0.3, 0.4) is 0 Å². The molecule has 1 aromatic rings. The van der Waals surface area contributed by atoms with Gasteiger partial charge in [-0.3, -0.25) is 4.79 Å². The quantitative estimate of drug-likeness (QED) is 0.881. The highest BCUT2D eigenvalue weighted by Gasteiger charge is 2.20. The molecular weight excluding hydrogens is 246 g/mol. The van der Waals surface area contributed by atoms with E-state index in [2.05, 4.69) is 36.5 Å². The van der Waals surface area contributed by atoms with Crippen LogP contribution in [0.15, 0.2) is 5.38 Å². The fraction of sp³-hybridized carbons (Fsp3) is 0.692. The van der Waals surface area contributed by atoms with E-state index in [1.165, 1.54) is 0 Å². The van der Waals surface area contributed by atoms with E-state index in [-0.39, 0.29) is 23.4 Å². The standard InChI is InChI=1S/C13H23N3OS/c1-8(14)6-11(17)15-9(2)12-16-10(7-18-12)13(3,4)5/h7-9H,6,14H2,1-5H3,(H,15,17). The maximum atomic E-state index is 11.6. The van der Waals surface area contributed by atoms with Gasteiger partial charge < -0.3 is 11.1 Å². The summed E-state index contributed by atoms with van der Waals surface area (Å²) in [5.74, 6) is -0.0231. The average molecular weight is 269 g/mol. The topological polar surface area (TPSA) is 68.0 Å². The number of nitrogens with one attached hydrogen (secondary N) is 1. The third kappa shape index (κ3) is 4.38.